The van der Waals surface area contributed by atoms with E-state index in [1.54, 1.807) is 4.72 Å². The fraction of sp³-hybridized carbons (Fsp3) is 0.500. The molecule has 126 valence electrons. The van der Waals surface area contributed by atoms with E-state index in [1.165, 1.54) is 12.1 Å². The molecule has 2 atom stereocenters. The van der Waals surface area contributed by atoms with Crippen LogP contribution < -0.4 is 14.3 Å². The highest BCUT2D eigenvalue weighted by molar-refractivity contribution is 7.92. The van der Waals surface area contributed by atoms with Gasteiger partial charge in [-0.2, -0.15) is 8.42 Å². The van der Waals surface area contributed by atoms with Gasteiger partial charge in [-0.15, -0.1) is 0 Å². The number of phenols is 1. The van der Waals surface area contributed by atoms with Gasteiger partial charge in [-0.05, 0) is 49.9 Å². The molecular weight excluding hydrogens is 325 g/mol. The number of anilines is 1. The van der Waals surface area contributed by atoms with Crippen LogP contribution in [-0.4, -0.2) is 38.6 Å². The van der Waals surface area contributed by atoms with E-state index in [9.17, 15) is 22.7 Å². The fourth-order valence-corrected chi connectivity index (χ4v) is 4.32. The van der Waals surface area contributed by atoms with Gasteiger partial charge in [-0.1, -0.05) is 0 Å². The first-order valence-corrected chi connectivity index (χ1v) is 8.80. The standard InChI is InChI=1S/C14H18FN3O4S/c1-8-10(2-3-16-8)4-9-5-11(15)14(12(19)6-9)18-7-13(20)17-23(18,21)22/h5-6,8,10,16,19H,2-4,7H2,1H3,(H,17,20). The average Bonchev–Trinajstić information content (AvgIpc) is 2.92. The van der Waals surface area contributed by atoms with Gasteiger partial charge < -0.3 is 10.4 Å². The summed E-state index contributed by atoms with van der Waals surface area (Å²) in [6, 6.07) is 2.89. The number of rotatable bonds is 3. The Morgan fingerprint density at radius 2 is 2.17 bits per heavy atom. The molecular formula is C14H18FN3O4S. The third-order valence-corrected chi connectivity index (χ3v) is 5.74. The summed E-state index contributed by atoms with van der Waals surface area (Å²) >= 11 is 0. The molecule has 2 aliphatic rings. The van der Waals surface area contributed by atoms with Crippen LogP contribution in [0.15, 0.2) is 12.1 Å². The highest BCUT2D eigenvalue weighted by Crippen LogP contribution is 2.35. The molecule has 0 aromatic heterocycles. The molecule has 2 unspecified atom stereocenters. The summed E-state index contributed by atoms with van der Waals surface area (Å²) in [4.78, 5) is 11.3. The lowest BCUT2D eigenvalue weighted by atomic mass is 9.93. The van der Waals surface area contributed by atoms with Crippen molar-refractivity contribution in [2.45, 2.75) is 25.8 Å². The molecule has 3 N–H and O–H groups in total. The minimum absolute atomic E-state index is 0.306. The molecule has 0 spiro atoms. The van der Waals surface area contributed by atoms with E-state index >= 15 is 0 Å². The third-order valence-electron chi connectivity index (χ3n) is 4.36. The summed E-state index contributed by atoms with van der Waals surface area (Å²) in [6.45, 7) is 2.41. The van der Waals surface area contributed by atoms with Gasteiger partial charge in [-0.3, -0.25) is 4.79 Å². The number of nitrogens with zero attached hydrogens (tertiary/aromatic N) is 1. The first-order chi connectivity index (χ1) is 10.8. The van der Waals surface area contributed by atoms with Crippen molar-refractivity contribution in [3.8, 4) is 5.75 Å². The van der Waals surface area contributed by atoms with Crippen LogP contribution in [0.1, 0.15) is 18.9 Å². The normalized spacial score (nSPS) is 26.5. The van der Waals surface area contributed by atoms with Gasteiger partial charge in [0.05, 0.1) is 0 Å². The van der Waals surface area contributed by atoms with Crippen LogP contribution in [0.25, 0.3) is 0 Å². The van der Waals surface area contributed by atoms with Crippen molar-refractivity contribution in [1.82, 2.24) is 10.0 Å². The van der Waals surface area contributed by atoms with Crippen LogP contribution in [0.4, 0.5) is 10.1 Å². The van der Waals surface area contributed by atoms with Crippen LogP contribution in [0.5, 0.6) is 5.75 Å². The maximum absolute atomic E-state index is 14.4. The predicted octanol–water partition coefficient (Wildman–Crippen LogP) is 0.253. The fourth-order valence-electron chi connectivity index (χ4n) is 3.14. The Hall–Kier alpha value is -1.87. The summed E-state index contributed by atoms with van der Waals surface area (Å²) in [7, 11) is -4.15. The summed E-state index contributed by atoms with van der Waals surface area (Å²) in [5.74, 6) is -1.78. The van der Waals surface area contributed by atoms with Gasteiger partial charge in [0.25, 0.3) is 5.91 Å². The maximum Gasteiger partial charge on any atom is 0.326 e. The second-order valence-corrected chi connectivity index (χ2v) is 7.57. The van der Waals surface area contributed by atoms with Gasteiger partial charge in [0.2, 0.25) is 0 Å². The zero-order chi connectivity index (χ0) is 16.8. The largest absolute Gasteiger partial charge is 0.506 e. The molecule has 0 bridgehead atoms. The van der Waals surface area contributed by atoms with Gasteiger partial charge >= 0.3 is 10.2 Å². The van der Waals surface area contributed by atoms with Gasteiger partial charge in [0.15, 0.2) is 5.82 Å². The van der Waals surface area contributed by atoms with Gasteiger partial charge in [0, 0.05) is 6.04 Å². The molecule has 23 heavy (non-hydrogen) atoms. The smallest absolute Gasteiger partial charge is 0.326 e. The van der Waals surface area contributed by atoms with Gasteiger partial charge in [0.1, 0.15) is 18.0 Å². The zero-order valence-corrected chi connectivity index (χ0v) is 13.4. The van der Waals surface area contributed by atoms with E-state index in [2.05, 4.69) is 12.2 Å². The summed E-state index contributed by atoms with van der Waals surface area (Å²) < 4.78 is 40.3. The minimum atomic E-state index is -4.15. The Labute approximate surface area is 133 Å². The number of aromatic hydroxyl groups is 1. The highest BCUT2D eigenvalue weighted by atomic mass is 32.2. The van der Waals surface area contributed by atoms with E-state index in [4.69, 9.17) is 0 Å². The van der Waals surface area contributed by atoms with Crippen molar-refractivity contribution in [3.05, 3.63) is 23.5 Å². The number of phenolic OH excluding ortho intramolecular Hbond substituents is 1. The van der Waals surface area contributed by atoms with E-state index in [0.29, 0.717) is 28.2 Å². The number of hydrogen-bond donors (Lipinski definition) is 3. The molecule has 2 heterocycles. The van der Waals surface area contributed by atoms with Crippen LogP contribution in [-0.2, 0) is 21.4 Å². The lowest BCUT2D eigenvalue weighted by Crippen LogP contribution is -2.30. The van der Waals surface area contributed by atoms with Crippen LogP contribution >= 0.6 is 0 Å². The number of carbonyl (C=O) groups excluding carboxylic acids is 1. The van der Waals surface area contributed by atoms with Crippen molar-refractivity contribution in [3.63, 3.8) is 0 Å². The van der Waals surface area contributed by atoms with Crippen molar-refractivity contribution >= 4 is 21.8 Å². The van der Waals surface area contributed by atoms with Crippen LogP contribution in [0, 0.1) is 11.7 Å². The first kappa shape index (κ1) is 16.0. The van der Waals surface area contributed by atoms with E-state index in [-0.39, 0.29) is 0 Å². The Bertz CT molecular complexity index is 729. The number of benzene rings is 1. The molecule has 0 aliphatic carbocycles. The Morgan fingerprint density at radius 1 is 1.43 bits per heavy atom. The molecule has 1 aromatic carbocycles. The molecule has 2 aliphatic heterocycles. The molecule has 2 saturated heterocycles. The van der Waals surface area contributed by atoms with Crippen LogP contribution in [0.2, 0.25) is 0 Å². The van der Waals surface area contributed by atoms with Crippen molar-refractivity contribution < 1.29 is 22.7 Å². The molecule has 2 fully saturated rings. The van der Waals surface area contributed by atoms with Crippen molar-refractivity contribution in [1.29, 1.82) is 0 Å². The molecule has 1 amide bonds. The first-order valence-electron chi connectivity index (χ1n) is 7.36. The number of amides is 1. The number of carbonyl (C=O) groups is 1. The number of halogens is 1. The van der Waals surface area contributed by atoms with Crippen molar-refractivity contribution in [2.75, 3.05) is 17.4 Å². The topological polar surface area (TPSA) is 98.7 Å². The van der Waals surface area contributed by atoms with Crippen molar-refractivity contribution in [2.24, 2.45) is 5.92 Å². The Morgan fingerprint density at radius 3 is 2.70 bits per heavy atom. The van der Waals surface area contributed by atoms with E-state index in [1.807, 2.05) is 0 Å². The second-order valence-electron chi connectivity index (χ2n) is 5.98. The van der Waals surface area contributed by atoms with E-state index in [0.717, 1.165) is 13.0 Å². The van der Waals surface area contributed by atoms with E-state index < -0.39 is 39.9 Å². The quantitative estimate of drug-likeness (QED) is 0.731. The lowest BCUT2D eigenvalue weighted by Gasteiger charge is -2.19. The third kappa shape index (κ3) is 2.98. The second kappa shape index (κ2) is 5.64. The Balaban J connectivity index is 1.90. The molecule has 0 radical (unpaired) electrons. The predicted molar refractivity (Wildman–Crippen MR) is 81.7 cm³/mol. The lowest BCUT2D eigenvalue weighted by molar-refractivity contribution is -0.117. The summed E-state index contributed by atoms with van der Waals surface area (Å²) in [5, 5.41) is 13.4. The highest BCUT2D eigenvalue weighted by Gasteiger charge is 2.37. The minimum Gasteiger partial charge on any atom is -0.506 e. The molecule has 1 aromatic rings. The molecule has 7 nitrogen and oxygen atoms in total. The Kier molecular flexibility index (Phi) is 3.93. The molecule has 9 heteroatoms. The van der Waals surface area contributed by atoms with Gasteiger partial charge in [-0.25, -0.2) is 13.4 Å². The summed E-state index contributed by atoms with van der Waals surface area (Å²) in [6.07, 6.45) is 1.55. The average molecular weight is 343 g/mol. The number of nitrogens with one attached hydrogen (secondary N) is 2. The summed E-state index contributed by atoms with van der Waals surface area (Å²) in [5.41, 5.74) is 0.102. The monoisotopic (exact) mass is 343 g/mol. The molecule has 3 rings (SSSR count). The number of hydrogen-bond acceptors (Lipinski definition) is 5. The maximum atomic E-state index is 14.4. The van der Waals surface area contributed by atoms with Crippen LogP contribution in [0.3, 0.4) is 0 Å². The SMILES string of the molecule is CC1NCCC1Cc1cc(O)c(N2CC(=O)NS2(=O)=O)c(F)c1. The zero-order valence-electron chi connectivity index (χ0n) is 12.5. The molecule has 0 saturated carbocycles.